The second-order valence-corrected chi connectivity index (χ2v) is 4.38. The van der Waals surface area contributed by atoms with Gasteiger partial charge in [-0.1, -0.05) is 13.8 Å². The van der Waals surface area contributed by atoms with Crippen LogP contribution in [0.15, 0.2) is 16.9 Å². The molecule has 0 saturated carbocycles. The number of nitriles is 2. The molecular weight excluding hydrogens is 214 g/mol. The van der Waals surface area contributed by atoms with Gasteiger partial charge in [0, 0.05) is 12.2 Å². The molecule has 1 rings (SSSR count). The Morgan fingerprint density at radius 2 is 1.94 bits per heavy atom. The van der Waals surface area contributed by atoms with Crippen molar-refractivity contribution < 1.29 is 0 Å². The molecule has 0 amide bonds. The number of pyridine rings is 1. The average molecular weight is 229 g/mol. The first kappa shape index (κ1) is 13.0. The maximum absolute atomic E-state index is 12.0. The summed E-state index contributed by atoms with van der Waals surface area (Å²) in [5.41, 5.74) is 0.677. The molecule has 0 radical (unpaired) electrons. The van der Waals surface area contributed by atoms with Crippen molar-refractivity contribution in [2.24, 2.45) is 5.92 Å². The Kier molecular flexibility index (Phi) is 4.06. The number of aromatic nitrogens is 1. The first-order valence-electron chi connectivity index (χ1n) is 5.54. The zero-order valence-corrected chi connectivity index (χ0v) is 10.3. The predicted octanol–water partition coefficient (Wildman–Crippen LogP) is 2.00. The van der Waals surface area contributed by atoms with Crippen LogP contribution in [-0.2, 0) is 6.54 Å². The van der Waals surface area contributed by atoms with Crippen LogP contribution in [0.2, 0.25) is 0 Å². The maximum Gasteiger partial charge on any atom is 0.268 e. The standard InChI is InChI=1S/C13H15N3O/c1-9(2)12-5-4-11(7-15)13(17)16(12)8-10(3)6-14/h4-5,9-10H,8H2,1-3H3. The van der Waals surface area contributed by atoms with Crippen LogP contribution in [0, 0.1) is 28.6 Å². The third-order valence-corrected chi connectivity index (χ3v) is 2.60. The van der Waals surface area contributed by atoms with Gasteiger partial charge < -0.3 is 4.57 Å². The minimum atomic E-state index is -0.305. The van der Waals surface area contributed by atoms with E-state index in [0.717, 1.165) is 5.69 Å². The lowest BCUT2D eigenvalue weighted by Gasteiger charge is -2.16. The molecule has 0 spiro atoms. The van der Waals surface area contributed by atoms with E-state index in [9.17, 15) is 4.79 Å². The third kappa shape index (κ3) is 2.73. The Balaban J connectivity index is 3.37. The van der Waals surface area contributed by atoms with Gasteiger partial charge in [-0.3, -0.25) is 4.79 Å². The molecule has 1 unspecified atom stereocenters. The topological polar surface area (TPSA) is 69.6 Å². The summed E-state index contributed by atoms with van der Waals surface area (Å²) in [4.78, 5) is 12.0. The molecule has 0 fully saturated rings. The van der Waals surface area contributed by atoms with E-state index < -0.39 is 0 Å². The molecule has 0 bridgehead atoms. The lowest BCUT2D eigenvalue weighted by atomic mass is 10.1. The van der Waals surface area contributed by atoms with Crippen molar-refractivity contribution in [3.8, 4) is 12.1 Å². The Bertz CT molecular complexity index is 543. The van der Waals surface area contributed by atoms with Crippen molar-refractivity contribution in [1.82, 2.24) is 4.57 Å². The highest BCUT2D eigenvalue weighted by Gasteiger charge is 2.13. The van der Waals surface area contributed by atoms with Gasteiger partial charge in [0.2, 0.25) is 0 Å². The SMILES string of the molecule is CC(C#N)Cn1c(C(C)C)ccc(C#N)c1=O. The molecule has 88 valence electrons. The molecule has 1 aromatic heterocycles. The lowest BCUT2D eigenvalue weighted by molar-refractivity contribution is 0.530. The van der Waals surface area contributed by atoms with Gasteiger partial charge in [-0.2, -0.15) is 10.5 Å². The van der Waals surface area contributed by atoms with Gasteiger partial charge >= 0.3 is 0 Å². The highest BCUT2D eigenvalue weighted by Crippen LogP contribution is 2.14. The summed E-state index contributed by atoms with van der Waals surface area (Å²) in [6.07, 6.45) is 0. The number of rotatable bonds is 3. The fourth-order valence-electron chi connectivity index (χ4n) is 1.68. The van der Waals surface area contributed by atoms with Crippen LogP contribution in [0.1, 0.15) is 37.9 Å². The Morgan fingerprint density at radius 1 is 1.29 bits per heavy atom. The Morgan fingerprint density at radius 3 is 2.41 bits per heavy atom. The van der Waals surface area contributed by atoms with Crippen molar-refractivity contribution in [2.45, 2.75) is 33.2 Å². The largest absolute Gasteiger partial charge is 0.310 e. The zero-order valence-electron chi connectivity index (χ0n) is 10.3. The Hall–Kier alpha value is -2.07. The van der Waals surface area contributed by atoms with Gasteiger partial charge in [-0.05, 0) is 25.0 Å². The van der Waals surface area contributed by atoms with Gasteiger partial charge in [-0.25, -0.2) is 0 Å². The molecule has 0 saturated heterocycles. The van der Waals surface area contributed by atoms with E-state index in [-0.39, 0.29) is 23.0 Å². The third-order valence-electron chi connectivity index (χ3n) is 2.60. The van der Waals surface area contributed by atoms with Crippen LogP contribution >= 0.6 is 0 Å². The second kappa shape index (κ2) is 5.32. The summed E-state index contributed by atoms with van der Waals surface area (Å²) in [7, 11) is 0. The van der Waals surface area contributed by atoms with Crippen molar-refractivity contribution in [1.29, 1.82) is 10.5 Å². The summed E-state index contributed by atoms with van der Waals surface area (Å²) in [6.45, 7) is 6.05. The summed E-state index contributed by atoms with van der Waals surface area (Å²) in [5, 5.41) is 17.6. The van der Waals surface area contributed by atoms with Crippen LogP contribution in [-0.4, -0.2) is 4.57 Å². The van der Waals surface area contributed by atoms with Crippen LogP contribution in [0.25, 0.3) is 0 Å². The van der Waals surface area contributed by atoms with Crippen LogP contribution < -0.4 is 5.56 Å². The zero-order chi connectivity index (χ0) is 13.0. The molecule has 1 heterocycles. The highest BCUT2D eigenvalue weighted by molar-refractivity contribution is 5.28. The van der Waals surface area contributed by atoms with Crippen LogP contribution in [0.5, 0.6) is 0 Å². The monoisotopic (exact) mass is 229 g/mol. The molecule has 4 nitrogen and oxygen atoms in total. The highest BCUT2D eigenvalue weighted by atomic mass is 16.1. The van der Waals surface area contributed by atoms with Crippen LogP contribution in [0.3, 0.4) is 0 Å². The molecule has 1 aromatic rings. The fraction of sp³-hybridized carbons (Fsp3) is 0.462. The average Bonchev–Trinajstić information content (AvgIpc) is 2.30. The van der Waals surface area contributed by atoms with Gasteiger partial charge in [0.15, 0.2) is 0 Å². The fourth-order valence-corrected chi connectivity index (χ4v) is 1.68. The minimum Gasteiger partial charge on any atom is -0.310 e. The van der Waals surface area contributed by atoms with Crippen molar-refractivity contribution in [2.75, 3.05) is 0 Å². The van der Waals surface area contributed by atoms with E-state index in [4.69, 9.17) is 10.5 Å². The predicted molar refractivity (Wildman–Crippen MR) is 64.3 cm³/mol. The molecule has 0 aromatic carbocycles. The lowest BCUT2D eigenvalue weighted by Crippen LogP contribution is -2.28. The summed E-state index contributed by atoms with van der Waals surface area (Å²) in [5.74, 6) is -0.0690. The molecule has 17 heavy (non-hydrogen) atoms. The van der Waals surface area contributed by atoms with Gasteiger partial charge in [0.1, 0.15) is 11.6 Å². The number of nitrogens with zero attached hydrogens (tertiary/aromatic N) is 3. The van der Waals surface area contributed by atoms with Gasteiger partial charge in [-0.15, -0.1) is 0 Å². The summed E-state index contributed by atoms with van der Waals surface area (Å²) >= 11 is 0. The molecule has 0 N–H and O–H groups in total. The first-order valence-corrected chi connectivity index (χ1v) is 5.54. The van der Waals surface area contributed by atoms with Crippen LogP contribution in [0.4, 0.5) is 0 Å². The molecule has 0 aliphatic carbocycles. The van der Waals surface area contributed by atoms with E-state index >= 15 is 0 Å². The van der Waals surface area contributed by atoms with Crippen molar-refractivity contribution in [3.05, 3.63) is 33.7 Å². The van der Waals surface area contributed by atoms with E-state index in [2.05, 4.69) is 6.07 Å². The van der Waals surface area contributed by atoms with Gasteiger partial charge in [0.25, 0.3) is 5.56 Å². The van der Waals surface area contributed by atoms with Crippen molar-refractivity contribution in [3.63, 3.8) is 0 Å². The molecular formula is C13H15N3O. The normalized spacial score (nSPS) is 11.9. The van der Waals surface area contributed by atoms with E-state index in [1.165, 1.54) is 4.57 Å². The maximum atomic E-state index is 12.0. The van der Waals surface area contributed by atoms with Crippen molar-refractivity contribution >= 4 is 0 Å². The molecule has 4 heteroatoms. The number of hydrogen-bond acceptors (Lipinski definition) is 3. The molecule has 0 aliphatic rings. The second-order valence-electron chi connectivity index (χ2n) is 4.38. The van der Waals surface area contributed by atoms with E-state index in [0.29, 0.717) is 6.54 Å². The number of hydrogen-bond donors (Lipinski definition) is 0. The summed E-state index contributed by atoms with van der Waals surface area (Å²) in [6, 6.07) is 7.31. The first-order chi connectivity index (χ1) is 8.01. The quantitative estimate of drug-likeness (QED) is 0.796. The molecule has 1 atom stereocenters. The minimum absolute atomic E-state index is 0.125. The summed E-state index contributed by atoms with van der Waals surface area (Å²) < 4.78 is 1.54. The van der Waals surface area contributed by atoms with E-state index in [1.807, 2.05) is 19.9 Å². The van der Waals surface area contributed by atoms with Gasteiger partial charge in [0.05, 0.1) is 12.0 Å². The molecule has 0 aliphatic heterocycles. The Labute approximate surface area is 101 Å². The smallest absolute Gasteiger partial charge is 0.268 e. The van der Waals surface area contributed by atoms with E-state index in [1.54, 1.807) is 19.1 Å².